The van der Waals surface area contributed by atoms with Crippen LogP contribution in [-0.2, 0) is 4.74 Å². The van der Waals surface area contributed by atoms with Crippen LogP contribution in [0.3, 0.4) is 0 Å². The molecule has 0 aromatic rings. The highest BCUT2D eigenvalue weighted by Gasteiger charge is 2.29. The van der Waals surface area contributed by atoms with Gasteiger partial charge in [-0.3, -0.25) is 0 Å². The first-order chi connectivity index (χ1) is 6.79. The maximum atomic E-state index is 11.7. The quantitative estimate of drug-likeness (QED) is 0.649. The molecule has 0 bridgehead atoms. The average Bonchev–Trinajstić information content (AvgIpc) is 2.06. The molecule has 0 aromatic heterocycles. The van der Waals surface area contributed by atoms with Crippen LogP contribution in [0, 0.1) is 5.92 Å². The average molecular weight is 231 g/mol. The number of hydrogen-bond donors (Lipinski definition) is 1. The normalized spacial score (nSPS) is 27.7. The van der Waals surface area contributed by atoms with Crippen molar-refractivity contribution in [1.29, 1.82) is 0 Å². The summed E-state index contributed by atoms with van der Waals surface area (Å²) in [5, 5.41) is 0.406. The predicted octanol–water partition coefficient (Wildman–Crippen LogP) is 2.56. The van der Waals surface area contributed by atoms with Gasteiger partial charge in [0.1, 0.15) is 5.60 Å². The molecule has 2 unspecified atom stereocenters. The van der Waals surface area contributed by atoms with Crippen molar-refractivity contribution in [3.8, 4) is 0 Å². The van der Waals surface area contributed by atoms with Crippen molar-refractivity contribution in [3.63, 3.8) is 0 Å². The number of rotatable bonds is 0. The summed E-state index contributed by atoms with van der Waals surface area (Å²) in [6, 6.07) is 0. The molecule has 0 aromatic carbocycles. The van der Waals surface area contributed by atoms with E-state index in [9.17, 15) is 4.79 Å². The molecule has 4 heteroatoms. The van der Waals surface area contributed by atoms with Crippen LogP contribution in [0.15, 0.2) is 0 Å². The first kappa shape index (κ1) is 12.7. The van der Waals surface area contributed by atoms with Gasteiger partial charge in [-0.2, -0.15) is 12.6 Å². The van der Waals surface area contributed by atoms with Gasteiger partial charge in [0.2, 0.25) is 0 Å². The van der Waals surface area contributed by atoms with E-state index in [0.29, 0.717) is 11.2 Å². The van der Waals surface area contributed by atoms with Gasteiger partial charge in [0.05, 0.1) is 0 Å². The molecule has 15 heavy (non-hydrogen) atoms. The zero-order valence-electron chi connectivity index (χ0n) is 9.99. The minimum Gasteiger partial charge on any atom is -0.444 e. The zero-order valence-corrected chi connectivity index (χ0v) is 10.9. The lowest BCUT2D eigenvalue weighted by molar-refractivity contribution is 0.0180. The molecule has 88 valence electrons. The Morgan fingerprint density at radius 3 is 2.53 bits per heavy atom. The molecule has 1 heterocycles. The minimum atomic E-state index is -0.405. The van der Waals surface area contributed by atoms with Crippen molar-refractivity contribution < 1.29 is 9.53 Å². The molecule has 3 nitrogen and oxygen atoms in total. The second kappa shape index (κ2) is 4.64. The van der Waals surface area contributed by atoms with E-state index >= 15 is 0 Å². The summed E-state index contributed by atoms with van der Waals surface area (Å²) in [6.45, 7) is 9.30. The van der Waals surface area contributed by atoms with E-state index < -0.39 is 5.60 Å². The first-order valence-corrected chi connectivity index (χ1v) is 5.97. The van der Waals surface area contributed by atoms with Crippen LogP contribution in [0.25, 0.3) is 0 Å². The van der Waals surface area contributed by atoms with E-state index in [2.05, 4.69) is 19.6 Å². The van der Waals surface area contributed by atoms with Crippen LogP contribution in [-0.4, -0.2) is 34.9 Å². The van der Waals surface area contributed by atoms with E-state index in [0.717, 1.165) is 19.5 Å². The number of hydrogen-bond acceptors (Lipinski definition) is 3. The highest BCUT2D eigenvalue weighted by molar-refractivity contribution is 7.81. The molecular weight excluding hydrogens is 210 g/mol. The molecule has 1 aliphatic heterocycles. The third-order valence-corrected chi connectivity index (χ3v) is 3.28. The van der Waals surface area contributed by atoms with Crippen molar-refractivity contribution in [2.45, 2.75) is 45.0 Å². The van der Waals surface area contributed by atoms with E-state index in [-0.39, 0.29) is 6.09 Å². The summed E-state index contributed by atoms with van der Waals surface area (Å²) >= 11 is 4.47. The SMILES string of the molecule is CC1CN(C(=O)OC(C)(C)C)CCC1S. The number of likely N-dealkylation sites (tertiary alicyclic amines) is 1. The molecule has 1 saturated heterocycles. The number of thiol groups is 1. The van der Waals surface area contributed by atoms with E-state index in [1.165, 1.54) is 0 Å². The monoisotopic (exact) mass is 231 g/mol. The lowest BCUT2D eigenvalue weighted by atomic mass is 10.00. The molecule has 0 saturated carbocycles. The number of amides is 1. The van der Waals surface area contributed by atoms with E-state index in [4.69, 9.17) is 4.74 Å². The Bertz CT molecular complexity index is 237. The number of piperidine rings is 1. The fraction of sp³-hybridized carbons (Fsp3) is 0.909. The number of ether oxygens (including phenoxy) is 1. The van der Waals surface area contributed by atoms with E-state index in [1.54, 1.807) is 4.90 Å². The van der Waals surface area contributed by atoms with Gasteiger partial charge in [0.15, 0.2) is 0 Å². The van der Waals surface area contributed by atoms with Gasteiger partial charge in [0, 0.05) is 18.3 Å². The van der Waals surface area contributed by atoms with Crippen molar-refractivity contribution in [2.24, 2.45) is 5.92 Å². The largest absolute Gasteiger partial charge is 0.444 e. The van der Waals surface area contributed by atoms with Gasteiger partial charge in [-0.15, -0.1) is 0 Å². The molecule has 1 fully saturated rings. The third-order valence-electron chi connectivity index (χ3n) is 2.51. The summed E-state index contributed by atoms with van der Waals surface area (Å²) in [5.41, 5.74) is -0.405. The summed E-state index contributed by atoms with van der Waals surface area (Å²) in [6.07, 6.45) is 0.748. The molecule has 0 N–H and O–H groups in total. The van der Waals surface area contributed by atoms with Crippen LogP contribution in [0.2, 0.25) is 0 Å². The Morgan fingerprint density at radius 2 is 2.07 bits per heavy atom. The Kier molecular flexibility index (Phi) is 3.93. The predicted molar refractivity (Wildman–Crippen MR) is 64.4 cm³/mol. The maximum Gasteiger partial charge on any atom is 0.410 e. The standard InChI is InChI=1S/C11H21NO2S/c1-8-7-12(6-5-9(8)15)10(13)14-11(2,3)4/h8-9,15H,5-7H2,1-4H3. The van der Waals surface area contributed by atoms with Gasteiger partial charge in [-0.25, -0.2) is 4.79 Å². The highest BCUT2D eigenvalue weighted by atomic mass is 32.1. The molecule has 0 aliphatic carbocycles. The second-order valence-corrected chi connectivity index (χ2v) is 5.92. The second-order valence-electron chi connectivity index (χ2n) is 5.26. The fourth-order valence-corrected chi connectivity index (χ4v) is 1.84. The summed E-state index contributed by atoms with van der Waals surface area (Å²) < 4.78 is 5.32. The maximum absolute atomic E-state index is 11.7. The van der Waals surface area contributed by atoms with Gasteiger partial charge in [-0.05, 0) is 33.1 Å². The summed E-state index contributed by atoms with van der Waals surface area (Å²) in [7, 11) is 0. The fourth-order valence-electron chi connectivity index (χ4n) is 1.63. The van der Waals surface area contributed by atoms with Gasteiger partial charge in [0.25, 0.3) is 0 Å². The van der Waals surface area contributed by atoms with E-state index in [1.807, 2.05) is 20.8 Å². The van der Waals surface area contributed by atoms with Crippen LogP contribution < -0.4 is 0 Å². The van der Waals surface area contributed by atoms with Crippen LogP contribution in [0.5, 0.6) is 0 Å². The van der Waals surface area contributed by atoms with Gasteiger partial charge >= 0.3 is 6.09 Å². The third kappa shape index (κ3) is 3.93. The van der Waals surface area contributed by atoms with Gasteiger partial charge < -0.3 is 9.64 Å². The molecule has 1 rings (SSSR count). The molecule has 0 radical (unpaired) electrons. The molecule has 1 aliphatic rings. The number of carbonyl (C=O) groups is 1. The minimum absolute atomic E-state index is 0.199. The smallest absolute Gasteiger partial charge is 0.410 e. The Balaban J connectivity index is 2.48. The van der Waals surface area contributed by atoms with Crippen molar-refractivity contribution in [3.05, 3.63) is 0 Å². The summed E-state index contributed by atoms with van der Waals surface area (Å²) in [4.78, 5) is 13.5. The highest BCUT2D eigenvalue weighted by Crippen LogP contribution is 2.22. The number of nitrogens with zero attached hydrogens (tertiary/aromatic N) is 1. The van der Waals surface area contributed by atoms with Crippen molar-refractivity contribution in [1.82, 2.24) is 4.90 Å². The van der Waals surface area contributed by atoms with Crippen LogP contribution in [0.1, 0.15) is 34.1 Å². The number of carbonyl (C=O) groups excluding carboxylic acids is 1. The zero-order chi connectivity index (χ0) is 11.6. The van der Waals surface area contributed by atoms with Crippen LogP contribution >= 0.6 is 12.6 Å². The van der Waals surface area contributed by atoms with Crippen LogP contribution in [0.4, 0.5) is 4.79 Å². The van der Waals surface area contributed by atoms with Crippen molar-refractivity contribution in [2.75, 3.05) is 13.1 Å². The topological polar surface area (TPSA) is 29.5 Å². The molecule has 1 amide bonds. The first-order valence-electron chi connectivity index (χ1n) is 5.45. The Hall–Kier alpha value is -0.380. The lowest BCUT2D eigenvalue weighted by Crippen LogP contribution is -2.45. The van der Waals surface area contributed by atoms with Gasteiger partial charge in [-0.1, -0.05) is 6.92 Å². The lowest BCUT2D eigenvalue weighted by Gasteiger charge is -2.35. The molecular formula is C11H21NO2S. The Morgan fingerprint density at radius 1 is 1.47 bits per heavy atom. The summed E-state index contributed by atoms with van der Waals surface area (Å²) in [5.74, 6) is 0.439. The Labute approximate surface area is 97.6 Å². The van der Waals surface area contributed by atoms with Crippen molar-refractivity contribution >= 4 is 18.7 Å². The molecule has 2 atom stereocenters. The molecule has 0 spiro atoms.